The molecule has 0 fully saturated rings. The van der Waals surface area contributed by atoms with Gasteiger partial charge in [-0.1, -0.05) is 43.5 Å². The van der Waals surface area contributed by atoms with Crippen molar-refractivity contribution in [2.24, 2.45) is 10.2 Å². The Balaban J connectivity index is 1.29. The molecule has 0 heterocycles. The number of non-ortho nitro benzene ring substituents is 1. The number of hydrogen-bond donors (Lipinski definition) is 1. The highest BCUT2D eigenvalue weighted by atomic mass is 16.7. The number of nitro benzene ring substituents is 1. The molecule has 0 spiro atoms. The van der Waals surface area contributed by atoms with Gasteiger partial charge in [0.15, 0.2) is 0 Å². The zero-order valence-electron chi connectivity index (χ0n) is 38.3. The SMILES string of the molecule is C=CC(=O)OCCCCCCOc1ccc(-c2cc(CCCOc3ccc(N=Nc4ccc([N+](=O)[O-])cc4)cc3)c(-c3ccc(OCCCCCCOC(=O)C=C)cc3)c(C(=O)OC(=O)O)c2)cc1. The van der Waals surface area contributed by atoms with Gasteiger partial charge in [0, 0.05) is 24.3 Å². The van der Waals surface area contributed by atoms with Gasteiger partial charge in [-0.05, 0) is 159 Å². The van der Waals surface area contributed by atoms with Crippen LogP contribution < -0.4 is 14.2 Å². The molecule has 0 aliphatic heterocycles. The fraction of sp³-hybridized carbons (Fsp3) is 0.283. The lowest BCUT2D eigenvalue weighted by Gasteiger charge is -2.18. The van der Waals surface area contributed by atoms with Crippen LogP contribution in [0, 0.1) is 10.1 Å². The number of hydrogen-bond acceptors (Lipinski definition) is 14. The number of unbranched alkanes of at least 4 members (excludes halogenated alkanes) is 6. The van der Waals surface area contributed by atoms with Gasteiger partial charge >= 0.3 is 24.1 Å². The van der Waals surface area contributed by atoms with E-state index >= 15 is 0 Å². The van der Waals surface area contributed by atoms with Gasteiger partial charge in [0.1, 0.15) is 17.2 Å². The summed E-state index contributed by atoms with van der Waals surface area (Å²) in [5, 5.41) is 28.8. The Morgan fingerprint density at radius 2 is 0.986 bits per heavy atom. The minimum Gasteiger partial charge on any atom is -0.494 e. The lowest BCUT2D eigenvalue weighted by atomic mass is 9.88. The summed E-state index contributed by atoms with van der Waals surface area (Å²) >= 11 is 0. The maximum Gasteiger partial charge on any atom is 0.513 e. The minimum absolute atomic E-state index is 0.0394. The maximum atomic E-state index is 13.6. The first-order valence-electron chi connectivity index (χ1n) is 22.6. The Bertz CT molecular complexity index is 2520. The van der Waals surface area contributed by atoms with Crippen molar-refractivity contribution in [1.29, 1.82) is 0 Å². The standard InChI is InChI=1S/C53H55N3O13/c1-3-49(57)67-33-11-7-5-9-31-64-45-25-15-38(16-26-45)41-36-40(14-13-35-66-47-29-21-43(22-30-47)55-54-42-19-23-44(24-20-42)56(62)63)51(48(37-41)52(59)69-53(60)61)39-17-27-46(28-18-39)65-32-10-6-8-12-34-68-50(58)4-2/h3-4,15-30,36-37H,1-2,5-14,31-35H2,(H,60,61). The van der Waals surface area contributed by atoms with Crippen molar-refractivity contribution in [1.82, 2.24) is 0 Å². The largest absolute Gasteiger partial charge is 0.513 e. The molecule has 0 aromatic heterocycles. The minimum atomic E-state index is -1.73. The van der Waals surface area contributed by atoms with Gasteiger partial charge in [-0.15, -0.1) is 0 Å². The third kappa shape index (κ3) is 17.9. The molecule has 360 valence electrons. The number of aryl methyl sites for hydroxylation is 1. The number of azo groups is 1. The highest BCUT2D eigenvalue weighted by Gasteiger charge is 2.23. The molecule has 1 N–H and O–H groups in total. The first kappa shape index (κ1) is 51.8. The number of carbonyl (C=O) groups excluding carboxylic acids is 3. The summed E-state index contributed by atoms with van der Waals surface area (Å²) in [6.07, 6.45) is 8.14. The molecule has 0 aliphatic carbocycles. The smallest absolute Gasteiger partial charge is 0.494 e. The monoisotopic (exact) mass is 941 g/mol. The molecular weight excluding hydrogens is 887 g/mol. The fourth-order valence-electron chi connectivity index (χ4n) is 6.94. The van der Waals surface area contributed by atoms with E-state index in [2.05, 4.69) is 23.4 Å². The predicted octanol–water partition coefficient (Wildman–Crippen LogP) is 12.5. The van der Waals surface area contributed by atoms with E-state index in [9.17, 15) is 34.4 Å². The molecule has 5 rings (SSSR count). The van der Waals surface area contributed by atoms with Gasteiger partial charge in [-0.2, -0.15) is 10.2 Å². The Hall–Kier alpha value is -8.14. The molecule has 5 aromatic rings. The summed E-state index contributed by atoms with van der Waals surface area (Å²) in [5.41, 5.74) is 4.38. The van der Waals surface area contributed by atoms with Gasteiger partial charge in [0.05, 0.1) is 54.9 Å². The van der Waals surface area contributed by atoms with E-state index in [0.29, 0.717) is 91.2 Å². The molecule has 69 heavy (non-hydrogen) atoms. The van der Waals surface area contributed by atoms with E-state index in [0.717, 1.165) is 74.6 Å². The maximum absolute atomic E-state index is 13.6. The summed E-state index contributed by atoms with van der Waals surface area (Å²) in [6, 6.07) is 31.0. The average molecular weight is 942 g/mol. The third-order valence-corrected chi connectivity index (χ3v) is 10.4. The normalized spacial score (nSPS) is 10.8. The Kier molecular flexibility index (Phi) is 21.1. The van der Waals surface area contributed by atoms with E-state index in [1.807, 2.05) is 42.5 Å². The Labute approximate surface area is 400 Å². The second-order valence-electron chi connectivity index (χ2n) is 15.5. The van der Waals surface area contributed by atoms with Crippen molar-refractivity contribution in [2.45, 2.75) is 64.2 Å². The van der Waals surface area contributed by atoms with E-state index in [-0.39, 0.29) is 11.3 Å². The molecule has 0 saturated heterocycles. The molecule has 16 nitrogen and oxygen atoms in total. The third-order valence-electron chi connectivity index (χ3n) is 10.4. The number of carbonyl (C=O) groups is 4. The first-order chi connectivity index (χ1) is 33.5. The summed E-state index contributed by atoms with van der Waals surface area (Å²) in [5.74, 6) is -0.0290. The molecule has 5 aromatic carbocycles. The molecule has 0 bridgehead atoms. The number of benzene rings is 5. The summed E-state index contributed by atoms with van der Waals surface area (Å²) < 4.78 is 32.9. The Morgan fingerprint density at radius 3 is 1.45 bits per heavy atom. The van der Waals surface area contributed by atoms with Crippen LogP contribution >= 0.6 is 0 Å². The lowest BCUT2D eigenvalue weighted by Crippen LogP contribution is -2.13. The number of rotatable bonds is 29. The number of ether oxygens (including phenoxy) is 6. The average Bonchev–Trinajstić information content (AvgIpc) is 3.36. The molecular formula is C53H55N3O13. The summed E-state index contributed by atoms with van der Waals surface area (Å²) in [4.78, 5) is 58.3. The van der Waals surface area contributed by atoms with Gasteiger partial charge in [0.2, 0.25) is 0 Å². The van der Waals surface area contributed by atoms with Crippen LogP contribution in [-0.4, -0.2) is 67.1 Å². The van der Waals surface area contributed by atoms with E-state index in [1.165, 1.54) is 24.3 Å². The summed E-state index contributed by atoms with van der Waals surface area (Å²) in [7, 11) is 0. The zero-order chi connectivity index (χ0) is 49.2. The van der Waals surface area contributed by atoms with Crippen LogP contribution in [0.4, 0.5) is 21.9 Å². The van der Waals surface area contributed by atoms with Crippen molar-refractivity contribution in [3.05, 3.63) is 156 Å². The molecule has 0 amide bonds. The molecule has 0 unspecified atom stereocenters. The van der Waals surface area contributed by atoms with Gasteiger partial charge < -0.3 is 33.5 Å². The van der Waals surface area contributed by atoms with Crippen LogP contribution in [0.2, 0.25) is 0 Å². The number of nitro groups is 1. The number of carboxylic acid groups (broad SMARTS) is 1. The molecule has 0 saturated carbocycles. The van der Waals surface area contributed by atoms with Crippen LogP contribution in [0.3, 0.4) is 0 Å². The Morgan fingerprint density at radius 1 is 0.551 bits per heavy atom. The van der Waals surface area contributed by atoms with E-state index in [1.54, 1.807) is 42.5 Å². The van der Waals surface area contributed by atoms with Crippen molar-refractivity contribution in [2.75, 3.05) is 33.0 Å². The van der Waals surface area contributed by atoms with Crippen molar-refractivity contribution < 1.29 is 57.6 Å². The summed E-state index contributed by atoms with van der Waals surface area (Å²) in [6.45, 7) is 8.74. The second kappa shape index (κ2) is 28.1. The second-order valence-corrected chi connectivity index (χ2v) is 15.5. The van der Waals surface area contributed by atoms with Crippen molar-refractivity contribution in [3.63, 3.8) is 0 Å². The van der Waals surface area contributed by atoms with Crippen LogP contribution in [0.1, 0.15) is 73.7 Å². The van der Waals surface area contributed by atoms with Crippen LogP contribution in [-0.2, 0) is 30.2 Å². The molecule has 0 aliphatic rings. The topological polar surface area (TPSA) is 212 Å². The van der Waals surface area contributed by atoms with Gasteiger partial charge in [-0.25, -0.2) is 19.2 Å². The van der Waals surface area contributed by atoms with Crippen LogP contribution in [0.25, 0.3) is 22.3 Å². The predicted molar refractivity (Wildman–Crippen MR) is 259 cm³/mol. The molecule has 16 heteroatoms. The quantitative estimate of drug-likeness (QED) is 0.00691. The van der Waals surface area contributed by atoms with E-state index in [4.69, 9.17) is 28.4 Å². The van der Waals surface area contributed by atoms with Crippen LogP contribution in [0.15, 0.2) is 145 Å². The van der Waals surface area contributed by atoms with Crippen LogP contribution in [0.5, 0.6) is 17.2 Å². The zero-order valence-corrected chi connectivity index (χ0v) is 38.3. The van der Waals surface area contributed by atoms with Crippen molar-refractivity contribution >= 4 is 41.1 Å². The van der Waals surface area contributed by atoms with E-state index < -0.39 is 29.0 Å². The molecule has 0 atom stereocenters. The number of esters is 3. The first-order valence-corrected chi connectivity index (χ1v) is 22.6. The highest BCUT2D eigenvalue weighted by molar-refractivity contribution is 6.03. The molecule has 0 radical (unpaired) electrons. The van der Waals surface area contributed by atoms with Gasteiger partial charge in [0.25, 0.3) is 5.69 Å². The number of nitrogens with zero attached hydrogens (tertiary/aromatic N) is 3. The van der Waals surface area contributed by atoms with Crippen molar-refractivity contribution in [3.8, 4) is 39.5 Å². The lowest BCUT2D eigenvalue weighted by molar-refractivity contribution is -0.384. The van der Waals surface area contributed by atoms with Gasteiger partial charge in [-0.3, -0.25) is 10.1 Å². The highest BCUT2D eigenvalue weighted by Crippen LogP contribution is 2.36. The fourth-order valence-corrected chi connectivity index (χ4v) is 6.94.